The molecule has 8 rings (SSSR count). The number of hydrogen-bond acceptors (Lipinski definition) is 14. The summed E-state index contributed by atoms with van der Waals surface area (Å²) in [4.78, 5) is 57.9. The minimum atomic E-state index is -0.571. The van der Waals surface area contributed by atoms with Crippen LogP contribution >= 0.6 is 0 Å². The Morgan fingerprint density at radius 2 is 0.829 bits per heavy atom. The van der Waals surface area contributed by atoms with Gasteiger partial charge in [0.2, 0.25) is 0 Å². The van der Waals surface area contributed by atoms with Crippen molar-refractivity contribution in [1.29, 1.82) is 0 Å². The van der Waals surface area contributed by atoms with Gasteiger partial charge in [0.25, 0.3) is 0 Å². The van der Waals surface area contributed by atoms with E-state index in [4.69, 9.17) is 47.9 Å². The number of esters is 4. The number of fused-ring (bicyclic) bond motifs is 7. The number of benzene rings is 7. The summed E-state index contributed by atoms with van der Waals surface area (Å²) >= 11 is 0. The Balaban J connectivity index is 0.988. The van der Waals surface area contributed by atoms with E-state index in [0.29, 0.717) is 60.0 Å². The molecule has 0 aliphatic carbocycles. The van der Waals surface area contributed by atoms with Crippen LogP contribution in [0.3, 0.4) is 0 Å². The molecule has 0 fully saturated rings. The summed E-state index contributed by atoms with van der Waals surface area (Å²) in [5, 5.41) is 3.87. The summed E-state index contributed by atoms with van der Waals surface area (Å²) in [6.07, 6.45) is 19.0. The Labute approximate surface area is 477 Å². The predicted octanol–water partition coefficient (Wildman–Crippen LogP) is 14.1. The highest BCUT2D eigenvalue weighted by atomic mass is 16.6. The Hall–Kier alpha value is -9.40. The quantitative estimate of drug-likeness (QED) is 0.00571. The molecule has 82 heavy (non-hydrogen) atoms. The van der Waals surface area contributed by atoms with E-state index in [-0.39, 0.29) is 26.4 Å². The Morgan fingerprint density at radius 3 is 1.37 bits per heavy atom. The number of carbonyl (C=O) groups excluding carboxylic acids is 4. The summed E-state index contributed by atoms with van der Waals surface area (Å²) < 4.78 is 44.1. The van der Waals surface area contributed by atoms with E-state index in [2.05, 4.69) is 80.4 Å². The van der Waals surface area contributed by atoms with Gasteiger partial charge in [-0.05, 0) is 151 Å². The molecule has 1 aromatic heterocycles. The Morgan fingerprint density at radius 1 is 0.378 bits per heavy atom. The molecule has 8 aromatic rings. The van der Waals surface area contributed by atoms with Crippen molar-refractivity contribution in [3.8, 4) is 23.0 Å². The molecule has 0 saturated carbocycles. The first-order chi connectivity index (χ1) is 40.2. The topological polar surface area (TPSA) is 168 Å². The number of unbranched alkanes of at least 4 members (excludes halogenated alkanes) is 6. The summed E-state index contributed by atoms with van der Waals surface area (Å²) in [6.45, 7) is 13.0. The Bertz CT molecular complexity index is 3590. The standard InChI is InChI=1S/C68H66N2O12/c1-4-63(71)79-38-13-9-7-11-36-76-53-29-22-48(23-30-53)18-20-50-26-33-57-58-34-27-51(21-19-49-24-31-54(32-25-49)77-37-12-8-10-14-39-80-64(72)5-2)45-60(58)67-66(59(57)44-50)69-61-35-28-52(46-62(61)70-67)68(74)82-56-17-15-16-55(47-56)78-42-40-75-41-43-81-65(73)6-3/h4-6,15-35,44-47H,1-3,7-14,36-43H2/b20-18+,21-19+. The molecule has 0 aliphatic rings. The van der Waals surface area contributed by atoms with Gasteiger partial charge >= 0.3 is 23.9 Å². The minimum Gasteiger partial charge on any atom is -0.494 e. The van der Waals surface area contributed by atoms with Gasteiger partial charge in [-0.1, -0.05) is 98.6 Å². The van der Waals surface area contributed by atoms with E-state index in [9.17, 15) is 19.2 Å². The number of hydrogen-bond donors (Lipinski definition) is 0. The zero-order valence-corrected chi connectivity index (χ0v) is 45.9. The van der Waals surface area contributed by atoms with Gasteiger partial charge in [0.1, 0.15) is 36.2 Å². The van der Waals surface area contributed by atoms with Crippen LogP contribution in [-0.4, -0.2) is 86.7 Å². The van der Waals surface area contributed by atoms with Crippen LogP contribution in [0.4, 0.5) is 0 Å². The number of aromatic nitrogens is 2. The third-order valence-corrected chi connectivity index (χ3v) is 13.1. The third kappa shape index (κ3) is 17.5. The molecule has 0 unspecified atom stereocenters. The van der Waals surface area contributed by atoms with Crippen LogP contribution < -0.4 is 18.9 Å². The van der Waals surface area contributed by atoms with E-state index in [0.717, 1.165) is 118 Å². The zero-order valence-electron chi connectivity index (χ0n) is 45.9. The lowest BCUT2D eigenvalue weighted by atomic mass is 9.95. The van der Waals surface area contributed by atoms with Crippen molar-refractivity contribution in [2.75, 3.05) is 52.9 Å². The van der Waals surface area contributed by atoms with Crippen molar-refractivity contribution in [1.82, 2.24) is 9.97 Å². The second-order valence-corrected chi connectivity index (χ2v) is 19.0. The SMILES string of the molecule is C=CC(=O)OCCCCCCOc1ccc(/C=C/c2ccc3c4ccc(/C=C/c5ccc(OCCCCCCOC(=O)C=C)cc5)cc4c4nc5cc(C(=O)Oc6cccc(OCCOCCOC(=O)C=C)c6)ccc5nc4c3c2)cc1. The van der Waals surface area contributed by atoms with Crippen LogP contribution in [0, 0.1) is 0 Å². The van der Waals surface area contributed by atoms with Gasteiger partial charge in [0, 0.05) is 35.1 Å². The zero-order chi connectivity index (χ0) is 57.3. The van der Waals surface area contributed by atoms with Gasteiger partial charge in [0.05, 0.1) is 67.3 Å². The number of rotatable bonds is 32. The average Bonchev–Trinajstić information content (AvgIpc) is 3.70. The normalized spacial score (nSPS) is 11.3. The van der Waals surface area contributed by atoms with E-state index >= 15 is 0 Å². The van der Waals surface area contributed by atoms with E-state index < -0.39 is 23.9 Å². The highest BCUT2D eigenvalue weighted by Gasteiger charge is 2.17. The first-order valence-corrected chi connectivity index (χ1v) is 27.5. The van der Waals surface area contributed by atoms with Crippen molar-refractivity contribution < 1.29 is 57.1 Å². The van der Waals surface area contributed by atoms with Gasteiger partial charge in [-0.3, -0.25) is 0 Å². The van der Waals surface area contributed by atoms with Crippen molar-refractivity contribution >= 4 is 91.8 Å². The lowest BCUT2D eigenvalue weighted by molar-refractivity contribution is -0.139. The maximum Gasteiger partial charge on any atom is 0.343 e. The third-order valence-electron chi connectivity index (χ3n) is 13.1. The van der Waals surface area contributed by atoms with Crippen molar-refractivity contribution in [2.24, 2.45) is 0 Å². The molecule has 14 heteroatoms. The van der Waals surface area contributed by atoms with Crippen LogP contribution in [-0.2, 0) is 33.3 Å². The van der Waals surface area contributed by atoms with Crippen molar-refractivity contribution in [2.45, 2.75) is 51.4 Å². The van der Waals surface area contributed by atoms with Gasteiger partial charge in [0.15, 0.2) is 0 Å². The van der Waals surface area contributed by atoms with Gasteiger partial charge in [-0.15, -0.1) is 0 Å². The molecule has 0 saturated heterocycles. The largest absolute Gasteiger partial charge is 0.494 e. The van der Waals surface area contributed by atoms with E-state index in [1.54, 1.807) is 42.5 Å². The second-order valence-electron chi connectivity index (χ2n) is 19.0. The number of ether oxygens (including phenoxy) is 8. The molecule has 0 N–H and O–H groups in total. The first kappa shape index (κ1) is 58.7. The summed E-state index contributed by atoms with van der Waals surface area (Å²) in [5.74, 6) is 0.520. The average molecular weight is 1100 g/mol. The van der Waals surface area contributed by atoms with Crippen molar-refractivity contribution in [3.63, 3.8) is 0 Å². The molecule has 7 aromatic carbocycles. The molecular formula is C68H66N2O12. The fourth-order valence-electron chi connectivity index (χ4n) is 8.82. The van der Waals surface area contributed by atoms with Gasteiger partial charge in [-0.25, -0.2) is 29.1 Å². The molecule has 0 amide bonds. The minimum absolute atomic E-state index is 0.107. The smallest absolute Gasteiger partial charge is 0.343 e. The summed E-state index contributed by atoms with van der Waals surface area (Å²) in [5.41, 5.74) is 6.83. The van der Waals surface area contributed by atoms with Gasteiger partial charge in [-0.2, -0.15) is 0 Å². The van der Waals surface area contributed by atoms with Gasteiger partial charge < -0.3 is 37.9 Å². The predicted molar refractivity (Wildman–Crippen MR) is 322 cm³/mol. The van der Waals surface area contributed by atoms with Crippen LogP contribution in [0.1, 0.15) is 84.0 Å². The molecule has 0 atom stereocenters. The fourth-order valence-corrected chi connectivity index (χ4v) is 8.82. The lowest BCUT2D eigenvalue weighted by Gasteiger charge is -2.12. The maximum atomic E-state index is 13.7. The van der Waals surface area contributed by atoms with Crippen LogP contribution in [0.2, 0.25) is 0 Å². The van der Waals surface area contributed by atoms with Crippen LogP contribution in [0.5, 0.6) is 23.0 Å². The Kier molecular flexibility index (Phi) is 22.1. The molecular weight excluding hydrogens is 1040 g/mol. The van der Waals surface area contributed by atoms with Crippen molar-refractivity contribution in [3.05, 3.63) is 193 Å². The monoisotopic (exact) mass is 1100 g/mol. The lowest BCUT2D eigenvalue weighted by Crippen LogP contribution is -2.12. The number of nitrogens with zero attached hydrogens (tertiary/aromatic N) is 2. The molecule has 0 bridgehead atoms. The fraction of sp³-hybridized carbons (Fsp3) is 0.235. The first-order valence-electron chi connectivity index (χ1n) is 27.5. The number of carbonyl (C=O) groups is 4. The van der Waals surface area contributed by atoms with Crippen LogP contribution in [0.15, 0.2) is 165 Å². The molecule has 0 aliphatic heterocycles. The van der Waals surface area contributed by atoms with Crippen LogP contribution in [0.25, 0.3) is 67.9 Å². The highest BCUT2D eigenvalue weighted by molar-refractivity contribution is 6.24. The maximum absolute atomic E-state index is 13.7. The van der Waals surface area contributed by atoms with E-state index in [1.165, 1.54) is 12.2 Å². The second kappa shape index (κ2) is 30.8. The summed E-state index contributed by atoms with van der Waals surface area (Å²) in [7, 11) is 0. The van der Waals surface area contributed by atoms with E-state index in [1.807, 2.05) is 48.5 Å². The highest BCUT2D eigenvalue weighted by Crippen LogP contribution is 2.36. The summed E-state index contributed by atoms with van der Waals surface area (Å²) in [6, 6.07) is 40.7. The molecule has 1 heterocycles. The molecule has 0 radical (unpaired) electrons. The molecule has 420 valence electrons. The molecule has 14 nitrogen and oxygen atoms in total. The molecule has 0 spiro atoms.